The van der Waals surface area contributed by atoms with Gasteiger partial charge in [0.25, 0.3) is 0 Å². The van der Waals surface area contributed by atoms with E-state index >= 15 is 0 Å². The van der Waals surface area contributed by atoms with Crippen molar-refractivity contribution in [3.05, 3.63) is 22.3 Å². The van der Waals surface area contributed by atoms with Gasteiger partial charge in [0.05, 0.1) is 10.0 Å². The van der Waals surface area contributed by atoms with Gasteiger partial charge >= 0.3 is 5.97 Å². The summed E-state index contributed by atoms with van der Waals surface area (Å²) >= 11 is 12.8. The summed E-state index contributed by atoms with van der Waals surface area (Å²) in [6, 6.07) is 1.55. The molecule has 0 radical (unpaired) electrons. The van der Waals surface area contributed by atoms with Crippen molar-refractivity contribution in [2.45, 2.75) is 24.1 Å². The summed E-state index contributed by atoms with van der Waals surface area (Å²) in [6.07, 6.45) is 1.45. The highest BCUT2D eigenvalue weighted by Crippen LogP contribution is 2.32. The zero-order chi connectivity index (χ0) is 12.3. The second-order valence-electron chi connectivity index (χ2n) is 3.56. The zero-order valence-electron chi connectivity index (χ0n) is 8.78. The largest absolute Gasteiger partial charge is 0.480 e. The van der Waals surface area contributed by atoms with Crippen LogP contribution >= 0.6 is 35.0 Å². The number of carbonyl (C=O) groups is 1. The highest BCUT2D eigenvalue weighted by Gasteiger charge is 2.24. The topological polar surface area (TPSA) is 50.2 Å². The van der Waals surface area contributed by atoms with Gasteiger partial charge in [-0.2, -0.15) is 0 Å². The van der Waals surface area contributed by atoms with Gasteiger partial charge in [-0.3, -0.25) is 4.79 Å². The average Bonchev–Trinajstić information content (AvgIpc) is 2.15. The van der Waals surface area contributed by atoms with Gasteiger partial charge in [0.1, 0.15) is 10.3 Å². The number of carboxylic acid groups (broad SMARTS) is 1. The molecular weight excluding hydrogens is 269 g/mol. The first kappa shape index (κ1) is 13.6. The molecule has 1 rings (SSSR count). The summed E-state index contributed by atoms with van der Waals surface area (Å²) in [5, 5.41) is 9.78. The van der Waals surface area contributed by atoms with E-state index in [1.165, 1.54) is 6.20 Å². The summed E-state index contributed by atoms with van der Waals surface area (Å²) in [7, 11) is 0. The molecule has 88 valence electrons. The first-order valence-corrected chi connectivity index (χ1v) is 6.26. The first-order valence-electron chi connectivity index (χ1n) is 4.62. The van der Waals surface area contributed by atoms with Gasteiger partial charge < -0.3 is 5.11 Å². The fraction of sp³-hybridized carbons (Fsp3) is 0.400. The smallest absolute Gasteiger partial charge is 0.317 e. The normalized spacial score (nSPS) is 12.8. The average molecular weight is 280 g/mol. The number of rotatable bonds is 4. The van der Waals surface area contributed by atoms with Gasteiger partial charge in [0, 0.05) is 6.20 Å². The Labute approximate surface area is 108 Å². The van der Waals surface area contributed by atoms with Gasteiger partial charge in [0.2, 0.25) is 0 Å². The molecule has 1 aromatic rings. The maximum absolute atomic E-state index is 11.0. The van der Waals surface area contributed by atoms with Crippen LogP contribution in [0, 0.1) is 5.92 Å². The molecule has 1 unspecified atom stereocenters. The molecule has 0 aliphatic carbocycles. The Bertz CT molecular complexity index is 398. The van der Waals surface area contributed by atoms with Crippen molar-refractivity contribution in [1.82, 2.24) is 4.98 Å². The lowest BCUT2D eigenvalue weighted by Crippen LogP contribution is -2.22. The third-order valence-electron chi connectivity index (χ3n) is 1.86. The van der Waals surface area contributed by atoms with Crippen LogP contribution in [0.5, 0.6) is 0 Å². The van der Waals surface area contributed by atoms with Gasteiger partial charge in [-0.15, -0.1) is 0 Å². The van der Waals surface area contributed by atoms with Crippen molar-refractivity contribution < 1.29 is 9.90 Å². The van der Waals surface area contributed by atoms with Gasteiger partial charge in [0.15, 0.2) is 0 Å². The highest BCUT2D eigenvalue weighted by atomic mass is 35.5. The molecule has 0 aliphatic heterocycles. The lowest BCUT2D eigenvalue weighted by atomic mass is 10.1. The molecule has 6 heteroatoms. The maximum Gasteiger partial charge on any atom is 0.317 e. The van der Waals surface area contributed by atoms with E-state index in [1.54, 1.807) is 6.07 Å². The molecule has 16 heavy (non-hydrogen) atoms. The van der Waals surface area contributed by atoms with Crippen LogP contribution in [-0.4, -0.2) is 21.3 Å². The Morgan fingerprint density at radius 3 is 2.56 bits per heavy atom. The Balaban J connectivity index is 2.90. The number of thioether (sulfide) groups is 1. The second-order valence-corrected chi connectivity index (χ2v) is 5.54. The van der Waals surface area contributed by atoms with Gasteiger partial charge in [-0.25, -0.2) is 4.98 Å². The van der Waals surface area contributed by atoms with Crippen molar-refractivity contribution in [2.75, 3.05) is 0 Å². The van der Waals surface area contributed by atoms with Crippen LogP contribution in [0.2, 0.25) is 10.0 Å². The van der Waals surface area contributed by atoms with Crippen molar-refractivity contribution >= 4 is 40.9 Å². The minimum Gasteiger partial charge on any atom is -0.480 e. The van der Waals surface area contributed by atoms with Crippen molar-refractivity contribution in [1.29, 1.82) is 0 Å². The second kappa shape index (κ2) is 5.75. The minimum atomic E-state index is -0.868. The van der Waals surface area contributed by atoms with Crippen molar-refractivity contribution in [3.63, 3.8) is 0 Å². The molecule has 1 atom stereocenters. The number of pyridine rings is 1. The lowest BCUT2D eigenvalue weighted by molar-refractivity contribution is -0.137. The summed E-state index contributed by atoms with van der Waals surface area (Å²) in [5.74, 6) is -0.871. The molecule has 1 aromatic heterocycles. The van der Waals surface area contributed by atoms with E-state index in [2.05, 4.69) is 4.98 Å². The van der Waals surface area contributed by atoms with Crippen molar-refractivity contribution in [3.8, 4) is 0 Å². The summed E-state index contributed by atoms with van der Waals surface area (Å²) in [6.45, 7) is 3.69. The molecule has 1 heterocycles. The Morgan fingerprint density at radius 2 is 2.12 bits per heavy atom. The lowest BCUT2D eigenvalue weighted by Gasteiger charge is -2.15. The number of halogens is 2. The number of aliphatic carboxylic acids is 1. The predicted octanol–water partition coefficient (Wildman–Crippen LogP) is 3.59. The molecule has 0 aromatic carbocycles. The van der Waals surface area contributed by atoms with Crippen LogP contribution in [-0.2, 0) is 4.79 Å². The highest BCUT2D eigenvalue weighted by molar-refractivity contribution is 8.00. The number of hydrogen-bond acceptors (Lipinski definition) is 3. The maximum atomic E-state index is 11.0. The Hall–Kier alpha value is -0.450. The molecule has 0 bridgehead atoms. The van der Waals surface area contributed by atoms with E-state index in [1.807, 2.05) is 13.8 Å². The van der Waals surface area contributed by atoms with Gasteiger partial charge in [-0.1, -0.05) is 48.8 Å². The van der Waals surface area contributed by atoms with Crippen molar-refractivity contribution in [2.24, 2.45) is 5.92 Å². The number of nitrogens with zero attached hydrogens (tertiary/aromatic N) is 1. The van der Waals surface area contributed by atoms with Crippen LogP contribution in [0.4, 0.5) is 0 Å². The molecular formula is C10H11Cl2NO2S. The van der Waals surface area contributed by atoms with Crippen LogP contribution in [0.15, 0.2) is 17.3 Å². The number of hydrogen-bond donors (Lipinski definition) is 1. The molecule has 0 aliphatic rings. The number of carboxylic acids is 1. The molecule has 1 N–H and O–H groups in total. The van der Waals surface area contributed by atoms with Crippen LogP contribution < -0.4 is 0 Å². The first-order chi connectivity index (χ1) is 7.41. The van der Waals surface area contributed by atoms with E-state index in [9.17, 15) is 4.79 Å². The molecule has 0 spiro atoms. The van der Waals surface area contributed by atoms with Crippen LogP contribution in [0.25, 0.3) is 0 Å². The Morgan fingerprint density at radius 1 is 1.50 bits per heavy atom. The third kappa shape index (κ3) is 3.54. The third-order valence-corrected chi connectivity index (χ3v) is 4.02. The summed E-state index contributed by atoms with van der Waals surface area (Å²) in [5.41, 5.74) is 0. The monoisotopic (exact) mass is 279 g/mol. The minimum absolute atomic E-state index is 0.00366. The fourth-order valence-electron chi connectivity index (χ4n) is 1.08. The van der Waals surface area contributed by atoms with E-state index < -0.39 is 11.2 Å². The predicted molar refractivity (Wildman–Crippen MR) is 66.4 cm³/mol. The SMILES string of the molecule is CC(C)C(Sc1ncc(Cl)cc1Cl)C(=O)O. The fourth-order valence-corrected chi connectivity index (χ4v) is 2.49. The van der Waals surface area contributed by atoms with E-state index in [-0.39, 0.29) is 5.92 Å². The number of aromatic nitrogens is 1. The molecule has 0 saturated heterocycles. The molecule has 0 fully saturated rings. The van der Waals surface area contributed by atoms with Gasteiger partial charge in [-0.05, 0) is 12.0 Å². The van der Waals surface area contributed by atoms with Crippen LogP contribution in [0.3, 0.4) is 0 Å². The standard InChI is InChI=1S/C10H11Cl2NO2S/c1-5(2)8(10(14)15)16-9-7(12)3-6(11)4-13-9/h3-5,8H,1-2H3,(H,14,15). The van der Waals surface area contributed by atoms with E-state index in [0.717, 1.165) is 11.8 Å². The Kier molecular flexibility index (Phi) is 4.89. The summed E-state index contributed by atoms with van der Waals surface area (Å²) < 4.78 is 0. The van der Waals surface area contributed by atoms with Crippen LogP contribution in [0.1, 0.15) is 13.8 Å². The molecule has 0 amide bonds. The van der Waals surface area contributed by atoms with E-state index in [4.69, 9.17) is 28.3 Å². The zero-order valence-corrected chi connectivity index (χ0v) is 11.1. The molecule has 0 saturated carbocycles. The van der Waals surface area contributed by atoms with E-state index in [0.29, 0.717) is 15.1 Å². The molecule has 3 nitrogen and oxygen atoms in total. The quantitative estimate of drug-likeness (QED) is 0.856. The summed E-state index contributed by atoms with van der Waals surface area (Å²) in [4.78, 5) is 15.0.